The highest BCUT2D eigenvalue weighted by molar-refractivity contribution is 7.89. The van der Waals surface area contributed by atoms with Gasteiger partial charge in [0, 0.05) is 25.2 Å². The molecule has 0 aliphatic carbocycles. The number of ether oxygens (including phenoxy) is 2. The molecule has 1 aliphatic heterocycles. The lowest BCUT2D eigenvalue weighted by Gasteiger charge is -2.18. The van der Waals surface area contributed by atoms with Gasteiger partial charge in [-0.05, 0) is 47.7 Å². The molecule has 1 N–H and O–H groups in total. The van der Waals surface area contributed by atoms with E-state index in [9.17, 15) is 13.2 Å². The third kappa shape index (κ3) is 6.28. The van der Waals surface area contributed by atoms with Crippen LogP contribution in [0.5, 0.6) is 5.75 Å². The van der Waals surface area contributed by atoms with Crippen molar-refractivity contribution in [2.75, 3.05) is 20.2 Å². The van der Waals surface area contributed by atoms with E-state index in [-0.39, 0.29) is 22.1 Å². The van der Waals surface area contributed by atoms with Gasteiger partial charge >= 0.3 is 0 Å². The Morgan fingerprint density at radius 1 is 0.886 bits per heavy atom. The first-order chi connectivity index (χ1) is 17.0. The quantitative estimate of drug-likeness (QED) is 0.458. The number of hydrogen-bond donors (Lipinski definition) is 1. The number of hydrogen-bond acceptors (Lipinski definition) is 5. The minimum atomic E-state index is -3.72. The van der Waals surface area contributed by atoms with Crippen LogP contribution < -0.4 is 10.1 Å². The Morgan fingerprint density at radius 2 is 1.57 bits per heavy atom. The molecule has 0 saturated carbocycles. The van der Waals surface area contributed by atoms with Crippen LogP contribution in [0.4, 0.5) is 0 Å². The number of nitrogens with zero attached hydrogens (tertiary/aromatic N) is 1. The first kappa shape index (κ1) is 24.9. The van der Waals surface area contributed by atoms with Gasteiger partial charge in [0.1, 0.15) is 10.6 Å². The molecule has 184 valence electrons. The summed E-state index contributed by atoms with van der Waals surface area (Å²) >= 11 is 0. The molecule has 1 saturated heterocycles. The lowest BCUT2D eigenvalue weighted by Crippen LogP contribution is -2.29. The normalized spacial score (nSPS) is 14.1. The molecule has 3 aromatic rings. The molecule has 35 heavy (non-hydrogen) atoms. The van der Waals surface area contributed by atoms with Crippen molar-refractivity contribution in [3.8, 4) is 5.75 Å². The number of sulfonamides is 1. The van der Waals surface area contributed by atoms with Crippen molar-refractivity contribution in [2.24, 2.45) is 0 Å². The van der Waals surface area contributed by atoms with Crippen LogP contribution in [-0.4, -0.2) is 38.8 Å². The fourth-order valence-corrected chi connectivity index (χ4v) is 5.76. The molecule has 1 heterocycles. The Balaban J connectivity index is 1.39. The van der Waals surface area contributed by atoms with Gasteiger partial charge in [-0.3, -0.25) is 4.79 Å². The molecule has 0 atom stereocenters. The van der Waals surface area contributed by atoms with Gasteiger partial charge in [0.2, 0.25) is 10.0 Å². The number of methoxy groups -OCH3 is 1. The maximum atomic E-state index is 13.1. The summed E-state index contributed by atoms with van der Waals surface area (Å²) < 4.78 is 38.7. The van der Waals surface area contributed by atoms with Crippen LogP contribution in [0.2, 0.25) is 0 Å². The van der Waals surface area contributed by atoms with Crippen molar-refractivity contribution < 1.29 is 22.7 Å². The third-order valence-corrected chi connectivity index (χ3v) is 7.85. The van der Waals surface area contributed by atoms with E-state index in [2.05, 4.69) is 5.32 Å². The maximum Gasteiger partial charge on any atom is 0.251 e. The van der Waals surface area contributed by atoms with E-state index in [1.807, 2.05) is 54.6 Å². The van der Waals surface area contributed by atoms with E-state index in [0.717, 1.165) is 29.5 Å². The molecule has 0 spiro atoms. The molecule has 1 aliphatic rings. The Bertz CT molecular complexity index is 1260. The fourth-order valence-electron chi connectivity index (χ4n) is 4.06. The smallest absolute Gasteiger partial charge is 0.251 e. The van der Waals surface area contributed by atoms with Crippen molar-refractivity contribution in [1.29, 1.82) is 0 Å². The van der Waals surface area contributed by atoms with E-state index in [0.29, 0.717) is 32.8 Å². The van der Waals surface area contributed by atoms with E-state index in [1.165, 1.54) is 23.5 Å². The molecular weight excluding hydrogens is 464 g/mol. The highest BCUT2D eigenvalue weighted by atomic mass is 32.2. The second kappa shape index (κ2) is 11.5. The van der Waals surface area contributed by atoms with Crippen LogP contribution in [-0.2, 0) is 34.5 Å². The Morgan fingerprint density at radius 3 is 2.31 bits per heavy atom. The summed E-state index contributed by atoms with van der Waals surface area (Å²) in [6.07, 6.45) is 1.66. The van der Waals surface area contributed by atoms with Crippen molar-refractivity contribution in [3.05, 3.63) is 95.1 Å². The van der Waals surface area contributed by atoms with Gasteiger partial charge in [0.15, 0.2) is 0 Å². The van der Waals surface area contributed by atoms with E-state index in [4.69, 9.17) is 9.47 Å². The molecule has 0 bridgehead atoms. The number of amides is 1. The first-order valence-corrected chi connectivity index (χ1v) is 13.1. The average molecular weight is 495 g/mol. The Labute approximate surface area is 206 Å². The lowest BCUT2D eigenvalue weighted by molar-refractivity contribution is 0.0950. The molecule has 1 amide bonds. The van der Waals surface area contributed by atoms with Gasteiger partial charge in [0.05, 0.1) is 20.3 Å². The lowest BCUT2D eigenvalue weighted by atomic mass is 10.1. The zero-order valence-electron chi connectivity index (χ0n) is 19.8. The van der Waals surface area contributed by atoms with Crippen molar-refractivity contribution in [3.63, 3.8) is 0 Å². The molecule has 8 heteroatoms. The van der Waals surface area contributed by atoms with Crippen LogP contribution in [0, 0.1) is 0 Å². The van der Waals surface area contributed by atoms with E-state index in [1.54, 1.807) is 6.07 Å². The van der Waals surface area contributed by atoms with Crippen molar-refractivity contribution in [1.82, 2.24) is 9.62 Å². The fraction of sp³-hybridized carbons (Fsp3) is 0.296. The van der Waals surface area contributed by atoms with Crippen LogP contribution in [0.25, 0.3) is 0 Å². The minimum Gasteiger partial charge on any atom is -0.495 e. The number of carbonyl (C=O) groups excluding carboxylic acids is 1. The number of nitrogens with one attached hydrogen (secondary N) is 1. The number of carbonyl (C=O) groups is 1. The zero-order valence-corrected chi connectivity index (χ0v) is 20.6. The van der Waals surface area contributed by atoms with Crippen LogP contribution in [0.15, 0.2) is 77.7 Å². The summed E-state index contributed by atoms with van der Waals surface area (Å²) in [4.78, 5) is 12.9. The van der Waals surface area contributed by atoms with Crippen molar-refractivity contribution >= 4 is 15.9 Å². The molecule has 0 unspecified atom stereocenters. The highest BCUT2D eigenvalue weighted by Gasteiger charge is 2.30. The highest BCUT2D eigenvalue weighted by Crippen LogP contribution is 2.29. The zero-order chi connectivity index (χ0) is 24.7. The van der Waals surface area contributed by atoms with Crippen LogP contribution >= 0.6 is 0 Å². The van der Waals surface area contributed by atoms with Crippen LogP contribution in [0.3, 0.4) is 0 Å². The number of rotatable bonds is 10. The SMILES string of the molecule is COc1ccc(C(=O)NCc2cccc(COCc3ccccc3)c2)cc1S(=O)(=O)N1CCCC1. The second-order valence-corrected chi connectivity index (χ2v) is 10.4. The average Bonchev–Trinajstić information content (AvgIpc) is 3.44. The third-order valence-electron chi connectivity index (χ3n) is 5.93. The molecule has 1 fully saturated rings. The van der Waals surface area contributed by atoms with Gasteiger partial charge in [-0.1, -0.05) is 54.6 Å². The van der Waals surface area contributed by atoms with Gasteiger partial charge in [-0.2, -0.15) is 4.31 Å². The molecule has 7 nitrogen and oxygen atoms in total. The summed E-state index contributed by atoms with van der Waals surface area (Å²) in [7, 11) is -2.30. The second-order valence-electron chi connectivity index (χ2n) is 8.46. The largest absolute Gasteiger partial charge is 0.495 e. The summed E-state index contributed by atoms with van der Waals surface area (Å²) in [5.41, 5.74) is 3.32. The molecular formula is C27H30N2O5S. The van der Waals surface area contributed by atoms with Crippen LogP contribution in [0.1, 0.15) is 39.9 Å². The summed E-state index contributed by atoms with van der Waals surface area (Å²) in [5, 5.41) is 2.88. The Hall–Kier alpha value is -3.20. The summed E-state index contributed by atoms with van der Waals surface area (Å²) in [6, 6.07) is 22.3. The monoisotopic (exact) mass is 494 g/mol. The molecule has 3 aromatic carbocycles. The first-order valence-electron chi connectivity index (χ1n) is 11.6. The van der Waals surface area contributed by atoms with E-state index >= 15 is 0 Å². The number of benzene rings is 3. The molecule has 0 radical (unpaired) electrons. The minimum absolute atomic E-state index is 0.0205. The van der Waals surface area contributed by atoms with Gasteiger partial charge in [-0.15, -0.1) is 0 Å². The predicted molar refractivity (Wildman–Crippen MR) is 134 cm³/mol. The molecule has 4 rings (SSSR count). The van der Waals surface area contributed by atoms with Gasteiger partial charge < -0.3 is 14.8 Å². The molecule has 0 aromatic heterocycles. The standard InChI is InChI=1S/C27H30N2O5S/c1-33-25-13-12-24(17-26(25)35(31,32)29-14-5-6-15-29)27(30)28-18-22-10-7-11-23(16-22)20-34-19-21-8-3-2-4-9-21/h2-4,7-13,16-17H,5-6,14-15,18-20H2,1H3,(H,28,30). The summed E-state index contributed by atoms with van der Waals surface area (Å²) in [5.74, 6) is -0.118. The predicted octanol–water partition coefficient (Wildman–Crippen LogP) is 4.13. The van der Waals surface area contributed by atoms with Crippen molar-refractivity contribution in [2.45, 2.75) is 37.5 Å². The topological polar surface area (TPSA) is 84.9 Å². The van der Waals surface area contributed by atoms with E-state index < -0.39 is 10.0 Å². The van der Waals surface area contributed by atoms with Gasteiger partial charge in [0.25, 0.3) is 5.91 Å². The maximum absolute atomic E-state index is 13.1. The van der Waals surface area contributed by atoms with Gasteiger partial charge in [-0.25, -0.2) is 8.42 Å². The summed E-state index contributed by atoms with van der Waals surface area (Å²) in [6.45, 7) is 2.26. The Kier molecular flexibility index (Phi) is 8.17.